The molecule has 1 aliphatic heterocycles. The van der Waals surface area contributed by atoms with E-state index in [2.05, 4.69) is 36.3 Å². The second-order valence-corrected chi connectivity index (χ2v) is 8.89. The summed E-state index contributed by atoms with van der Waals surface area (Å²) in [5.74, 6) is 2.20. The Labute approximate surface area is 188 Å². The summed E-state index contributed by atoms with van der Waals surface area (Å²) in [6, 6.07) is 8.06. The maximum absolute atomic E-state index is 6.65. The van der Waals surface area contributed by atoms with Crippen LogP contribution < -0.4 is 9.64 Å². The minimum Gasteiger partial charge on any atom is -0.495 e. The normalized spacial score (nSPS) is 14.3. The molecule has 0 unspecified atom stereocenters. The molecular formula is C24H29Cl2N3O. The fraction of sp³-hybridized carbons (Fsp3) is 0.458. The molecule has 2 heterocycles. The van der Waals surface area contributed by atoms with Crippen LogP contribution in [-0.2, 0) is 6.54 Å². The number of nitrogens with zero attached hydrogens (tertiary/aromatic N) is 3. The Morgan fingerprint density at radius 3 is 2.53 bits per heavy atom. The highest BCUT2D eigenvalue weighted by Crippen LogP contribution is 2.43. The van der Waals surface area contributed by atoms with Crippen LogP contribution in [0.25, 0.3) is 11.0 Å². The Morgan fingerprint density at radius 1 is 1.10 bits per heavy atom. The molecule has 0 saturated heterocycles. The number of anilines is 2. The van der Waals surface area contributed by atoms with Crippen molar-refractivity contribution in [3.8, 4) is 5.75 Å². The van der Waals surface area contributed by atoms with E-state index < -0.39 is 0 Å². The fourth-order valence-electron chi connectivity index (χ4n) is 4.75. The molecule has 2 aromatic carbocycles. The van der Waals surface area contributed by atoms with Crippen LogP contribution in [0.15, 0.2) is 24.3 Å². The molecule has 1 aliphatic rings. The smallest absolute Gasteiger partial charge is 0.211 e. The maximum Gasteiger partial charge on any atom is 0.211 e. The van der Waals surface area contributed by atoms with Gasteiger partial charge >= 0.3 is 0 Å². The average Bonchev–Trinajstić information content (AvgIpc) is 2.99. The Hall–Kier alpha value is -1.91. The number of aryl methyl sites for hydroxylation is 2. The first kappa shape index (κ1) is 21.3. The zero-order valence-electron chi connectivity index (χ0n) is 18.1. The molecule has 160 valence electrons. The van der Waals surface area contributed by atoms with Gasteiger partial charge in [0.05, 0.1) is 23.3 Å². The summed E-state index contributed by atoms with van der Waals surface area (Å²) in [4.78, 5) is 7.37. The van der Waals surface area contributed by atoms with Crippen molar-refractivity contribution in [1.29, 1.82) is 0 Å². The lowest BCUT2D eigenvalue weighted by atomic mass is 9.93. The molecule has 0 N–H and O–H groups in total. The molecule has 0 fully saturated rings. The van der Waals surface area contributed by atoms with E-state index in [0.29, 0.717) is 16.0 Å². The van der Waals surface area contributed by atoms with Gasteiger partial charge in [0.25, 0.3) is 0 Å². The summed E-state index contributed by atoms with van der Waals surface area (Å²) in [6.07, 6.45) is 4.37. The zero-order chi connectivity index (χ0) is 21.4. The van der Waals surface area contributed by atoms with E-state index in [9.17, 15) is 0 Å². The van der Waals surface area contributed by atoms with E-state index in [1.165, 1.54) is 11.1 Å². The summed E-state index contributed by atoms with van der Waals surface area (Å²) >= 11 is 13.0. The lowest BCUT2D eigenvalue weighted by Gasteiger charge is -2.26. The third-order valence-electron chi connectivity index (χ3n) is 6.26. The Balaban J connectivity index is 1.99. The molecule has 6 heteroatoms. The summed E-state index contributed by atoms with van der Waals surface area (Å²) in [5, 5.41) is 1.38. The third kappa shape index (κ3) is 3.54. The van der Waals surface area contributed by atoms with Crippen LogP contribution in [0, 0.1) is 6.92 Å². The topological polar surface area (TPSA) is 30.3 Å². The number of aromatic nitrogens is 2. The van der Waals surface area contributed by atoms with Crippen molar-refractivity contribution in [2.45, 2.75) is 58.9 Å². The molecule has 0 atom stereocenters. The van der Waals surface area contributed by atoms with Gasteiger partial charge in [-0.2, -0.15) is 0 Å². The molecule has 0 spiro atoms. The number of halogens is 2. The highest BCUT2D eigenvalue weighted by molar-refractivity contribution is 6.35. The van der Waals surface area contributed by atoms with Gasteiger partial charge in [-0.05, 0) is 61.8 Å². The van der Waals surface area contributed by atoms with E-state index >= 15 is 0 Å². The highest BCUT2D eigenvalue weighted by Gasteiger charge is 2.28. The van der Waals surface area contributed by atoms with Crippen LogP contribution in [0.1, 0.15) is 56.6 Å². The number of hydrogen-bond acceptors (Lipinski definition) is 3. The van der Waals surface area contributed by atoms with Crippen molar-refractivity contribution in [2.75, 3.05) is 18.6 Å². The predicted molar refractivity (Wildman–Crippen MR) is 127 cm³/mol. The SMILES string of the molecule is CCC(CC)c1ccc(Cl)c2nc3n(c12)CCCCN3c1c(C)cc(Cl)cc1OC. The predicted octanol–water partition coefficient (Wildman–Crippen LogP) is 7.50. The monoisotopic (exact) mass is 445 g/mol. The summed E-state index contributed by atoms with van der Waals surface area (Å²) < 4.78 is 8.09. The van der Waals surface area contributed by atoms with Gasteiger partial charge in [-0.25, -0.2) is 4.98 Å². The van der Waals surface area contributed by atoms with Crippen LogP contribution >= 0.6 is 23.2 Å². The molecular weight excluding hydrogens is 417 g/mol. The van der Waals surface area contributed by atoms with Crippen LogP contribution in [0.3, 0.4) is 0 Å². The molecule has 0 radical (unpaired) electrons. The molecule has 4 rings (SSSR count). The first-order valence-electron chi connectivity index (χ1n) is 10.8. The molecule has 0 aliphatic carbocycles. The molecule has 30 heavy (non-hydrogen) atoms. The Morgan fingerprint density at radius 2 is 1.83 bits per heavy atom. The summed E-state index contributed by atoms with van der Waals surface area (Å²) in [6.45, 7) is 8.39. The van der Waals surface area contributed by atoms with E-state index in [4.69, 9.17) is 32.9 Å². The zero-order valence-corrected chi connectivity index (χ0v) is 19.6. The van der Waals surface area contributed by atoms with Gasteiger partial charge in [-0.15, -0.1) is 0 Å². The van der Waals surface area contributed by atoms with E-state index in [1.54, 1.807) is 7.11 Å². The van der Waals surface area contributed by atoms with Crippen molar-refractivity contribution in [2.24, 2.45) is 0 Å². The van der Waals surface area contributed by atoms with Crippen molar-refractivity contribution >= 4 is 45.9 Å². The number of ether oxygens (including phenoxy) is 1. The van der Waals surface area contributed by atoms with Gasteiger partial charge in [0.1, 0.15) is 11.3 Å². The summed E-state index contributed by atoms with van der Waals surface area (Å²) in [5.41, 5.74) is 5.53. The number of methoxy groups -OCH3 is 1. The van der Waals surface area contributed by atoms with Crippen molar-refractivity contribution in [3.05, 3.63) is 45.4 Å². The minimum absolute atomic E-state index is 0.495. The lowest BCUT2D eigenvalue weighted by Crippen LogP contribution is -2.21. The van der Waals surface area contributed by atoms with Gasteiger partial charge in [0.15, 0.2) is 0 Å². The van der Waals surface area contributed by atoms with Gasteiger partial charge in [-0.3, -0.25) is 0 Å². The first-order valence-corrected chi connectivity index (χ1v) is 11.6. The first-order chi connectivity index (χ1) is 14.5. The fourth-order valence-corrected chi connectivity index (χ4v) is 5.21. The highest BCUT2D eigenvalue weighted by atomic mass is 35.5. The number of benzene rings is 2. The molecule has 0 bridgehead atoms. The minimum atomic E-state index is 0.495. The Kier molecular flexibility index (Phi) is 6.17. The number of rotatable bonds is 5. The van der Waals surface area contributed by atoms with E-state index in [-0.39, 0.29) is 0 Å². The third-order valence-corrected chi connectivity index (χ3v) is 6.78. The molecule has 3 aromatic rings. The standard InChI is InChI=1S/C24H29Cl2N3O/c1-5-16(6-2)18-9-10-19(26)21-23(18)29-12-8-7-11-28(24(29)27-21)22-15(3)13-17(25)14-20(22)30-4/h9-10,13-14,16H,5-8,11-12H2,1-4H3. The second-order valence-electron chi connectivity index (χ2n) is 8.04. The lowest BCUT2D eigenvalue weighted by molar-refractivity contribution is 0.415. The largest absolute Gasteiger partial charge is 0.495 e. The number of hydrogen-bond donors (Lipinski definition) is 0. The van der Waals surface area contributed by atoms with Gasteiger partial charge < -0.3 is 14.2 Å². The molecule has 0 saturated carbocycles. The van der Waals surface area contributed by atoms with E-state index in [0.717, 1.165) is 67.2 Å². The van der Waals surface area contributed by atoms with Crippen LogP contribution in [0.5, 0.6) is 5.75 Å². The van der Waals surface area contributed by atoms with Crippen LogP contribution in [-0.4, -0.2) is 23.2 Å². The summed E-state index contributed by atoms with van der Waals surface area (Å²) in [7, 11) is 1.69. The van der Waals surface area contributed by atoms with Crippen molar-refractivity contribution < 1.29 is 4.74 Å². The maximum atomic E-state index is 6.65. The van der Waals surface area contributed by atoms with E-state index in [1.807, 2.05) is 18.2 Å². The number of imidazole rings is 1. The average molecular weight is 446 g/mol. The molecule has 0 amide bonds. The quantitative estimate of drug-likeness (QED) is 0.407. The van der Waals surface area contributed by atoms with Gasteiger partial charge in [0, 0.05) is 24.2 Å². The molecule has 4 nitrogen and oxygen atoms in total. The van der Waals surface area contributed by atoms with Crippen molar-refractivity contribution in [3.63, 3.8) is 0 Å². The number of fused-ring (bicyclic) bond motifs is 3. The van der Waals surface area contributed by atoms with Crippen molar-refractivity contribution in [1.82, 2.24) is 9.55 Å². The molecule has 1 aromatic heterocycles. The van der Waals surface area contributed by atoms with Crippen LogP contribution in [0.4, 0.5) is 11.6 Å². The van der Waals surface area contributed by atoms with Gasteiger partial charge in [0.2, 0.25) is 5.95 Å². The second kappa shape index (κ2) is 8.68. The van der Waals surface area contributed by atoms with Gasteiger partial charge in [-0.1, -0.05) is 43.1 Å². The van der Waals surface area contributed by atoms with Crippen LogP contribution in [0.2, 0.25) is 10.0 Å². The Bertz CT molecular complexity index is 1070.